The molecule has 2 heteroatoms. The minimum Gasteiger partial charge on any atom is -0.320 e. The Balaban J connectivity index is 1.71. The molecule has 0 bridgehead atoms. The van der Waals surface area contributed by atoms with Gasteiger partial charge >= 0.3 is 0 Å². The molecule has 2 aromatic rings. The third-order valence-corrected chi connectivity index (χ3v) is 7.81. The van der Waals surface area contributed by atoms with E-state index in [9.17, 15) is 0 Å². The molecule has 1 atom stereocenters. The molecule has 0 radical (unpaired) electrons. The fraction of sp³-hybridized carbons (Fsp3) is 0.448. The van der Waals surface area contributed by atoms with Crippen LogP contribution in [0.3, 0.4) is 0 Å². The number of rotatable bonds is 11. The van der Waals surface area contributed by atoms with Gasteiger partial charge in [0.25, 0.3) is 0 Å². The van der Waals surface area contributed by atoms with Crippen LogP contribution in [-0.2, 0) is 13.1 Å². The van der Waals surface area contributed by atoms with Crippen molar-refractivity contribution in [2.24, 2.45) is 0 Å². The monoisotopic (exact) mass is 418 g/mol. The van der Waals surface area contributed by atoms with E-state index in [0.29, 0.717) is 6.04 Å². The van der Waals surface area contributed by atoms with Crippen LogP contribution >= 0.6 is 0 Å². The Hall–Kier alpha value is -2.16. The Morgan fingerprint density at radius 1 is 0.774 bits per heavy atom. The van der Waals surface area contributed by atoms with Gasteiger partial charge in [0.05, 0.1) is 25.7 Å². The molecule has 0 aromatic heterocycles. The van der Waals surface area contributed by atoms with E-state index >= 15 is 0 Å². The Morgan fingerprint density at radius 3 is 1.81 bits per heavy atom. The van der Waals surface area contributed by atoms with Crippen molar-refractivity contribution in [1.82, 2.24) is 0 Å². The quantitative estimate of drug-likeness (QED) is 0.343. The zero-order valence-corrected chi connectivity index (χ0v) is 20.3. The maximum Gasteiger partial charge on any atom is 0.113 e. The first kappa shape index (κ1) is 23.5. The van der Waals surface area contributed by atoms with Crippen LogP contribution in [0, 0.1) is 0 Å². The highest BCUT2D eigenvalue weighted by Crippen LogP contribution is 2.38. The summed E-state index contributed by atoms with van der Waals surface area (Å²) in [6.45, 7) is 17.7. The third kappa shape index (κ3) is 5.19. The second-order valence-corrected chi connectivity index (χ2v) is 9.46. The van der Waals surface area contributed by atoms with Gasteiger partial charge in [-0.05, 0) is 20.8 Å². The highest BCUT2D eigenvalue weighted by molar-refractivity contribution is 5.21. The molecule has 31 heavy (non-hydrogen) atoms. The summed E-state index contributed by atoms with van der Waals surface area (Å²) in [5.74, 6) is 0. The Morgan fingerprint density at radius 2 is 1.29 bits per heavy atom. The first-order valence-electron chi connectivity index (χ1n) is 12.1. The van der Waals surface area contributed by atoms with E-state index in [1.54, 1.807) is 0 Å². The van der Waals surface area contributed by atoms with Crippen molar-refractivity contribution in [3.05, 3.63) is 95.3 Å². The lowest BCUT2D eigenvalue weighted by Gasteiger charge is -2.43. The SMILES string of the molecule is CC[N+](CC)(CCCC(C)[N+]1(Cc2ccccc2)C(C)=CC=C1C)Cc1ccccc1. The molecule has 0 aliphatic carbocycles. The first-order chi connectivity index (χ1) is 15.0. The maximum absolute atomic E-state index is 2.46. The van der Waals surface area contributed by atoms with Crippen molar-refractivity contribution < 1.29 is 8.97 Å². The summed E-state index contributed by atoms with van der Waals surface area (Å²) in [5, 5.41) is 0. The van der Waals surface area contributed by atoms with E-state index in [1.165, 1.54) is 59.5 Å². The van der Waals surface area contributed by atoms with Gasteiger partial charge in [-0.1, -0.05) is 60.7 Å². The number of quaternary nitrogens is 2. The zero-order valence-electron chi connectivity index (χ0n) is 20.3. The lowest BCUT2D eigenvalue weighted by molar-refractivity contribution is -0.938. The molecule has 2 nitrogen and oxygen atoms in total. The maximum atomic E-state index is 2.46. The van der Waals surface area contributed by atoms with E-state index < -0.39 is 0 Å². The van der Waals surface area contributed by atoms with Crippen molar-refractivity contribution in [3.63, 3.8) is 0 Å². The van der Waals surface area contributed by atoms with Crippen LogP contribution < -0.4 is 0 Å². The van der Waals surface area contributed by atoms with Crippen LogP contribution in [0.25, 0.3) is 0 Å². The standard InChI is InChI=1S/C29H42N2/c1-6-30(7-2,23-28-16-10-8-11-17-28)22-14-15-25(3)31(26(4)20-21-27(31)5)24-29-18-12-9-13-19-29/h8-13,16-21,25H,6-7,14-15,22-24H2,1-5H3/q+2. The molecule has 3 rings (SSSR count). The normalized spacial score (nSPS) is 16.7. The van der Waals surface area contributed by atoms with Crippen LogP contribution in [0.15, 0.2) is 84.2 Å². The molecule has 1 heterocycles. The average molecular weight is 419 g/mol. The Bertz CT molecular complexity index is 857. The number of allylic oxidation sites excluding steroid dienone is 4. The first-order valence-corrected chi connectivity index (χ1v) is 12.1. The highest BCUT2D eigenvalue weighted by atomic mass is 15.4. The number of nitrogens with zero attached hydrogens (tertiary/aromatic N) is 2. The average Bonchev–Trinajstić information content (AvgIpc) is 3.09. The van der Waals surface area contributed by atoms with Gasteiger partial charge in [-0.15, -0.1) is 0 Å². The van der Waals surface area contributed by atoms with Crippen molar-refractivity contribution in [1.29, 1.82) is 0 Å². The summed E-state index contributed by atoms with van der Waals surface area (Å²) < 4.78 is 2.18. The fourth-order valence-electron chi connectivity index (χ4n) is 5.51. The summed E-state index contributed by atoms with van der Waals surface area (Å²) in [6.07, 6.45) is 7.19. The Kier molecular flexibility index (Phi) is 7.91. The van der Waals surface area contributed by atoms with Crippen LogP contribution in [0.2, 0.25) is 0 Å². The minimum atomic E-state index is 0.572. The van der Waals surface area contributed by atoms with E-state index in [1.807, 2.05) is 0 Å². The van der Waals surface area contributed by atoms with Gasteiger partial charge in [0, 0.05) is 50.0 Å². The number of hydrogen-bond acceptors (Lipinski definition) is 0. The van der Waals surface area contributed by atoms with Gasteiger partial charge in [0.1, 0.15) is 24.5 Å². The van der Waals surface area contributed by atoms with Gasteiger partial charge in [-0.2, -0.15) is 0 Å². The van der Waals surface area contributed by atoms with Crippen LogP contribution in [0.4, 0.5) is 0 Å². The second-order valence-electron chi connectivity index (χ2n) is 9.46. The van der Waals surface area contributed by atoms with Crippen molar-refractivity contribution in [3.8, 4) is 0 Å². The summed E-state index contributed by atoms with van der Waals surface area (Å²) >= 11 is 0. The van der Waals surface area contributed by atoms with Gasteiger partial charge in [-0.3, -0.25) is 4.48 Å². The molecular formula is C29H42N2+2. The summed E-state index contributed by atoms with van der Waals surface area (Å²) in [5.41, 5.74) is 5.84. The predicted octanol–water partition coefficient (Wildman–Crippen LogP) is 7.05. The van der Waals surface area contributed by atoms with E-state index in [4.69, 9.17) is 0 Å². The number of hydrogen-bond donors (Lipinski definition) is 0. The molecule has 0 spiro atoms. The van der Waals surface area contributed by atoms with E-state index in [0.717, 1.165) is 17.6 Å². The van der Waals surface area contributed by atoms with E-state index in [-0.39, 0.29) is 0 Å². The predicted molar refractivity (Wildman–Crippen MR) is 133 cm³/mol. The molecule has 166 valence electrons. The van der Waals surface area contributed by atoms with E-state index in [2.05, 4.69) is 107 Å². The third-order valence-electron chi connectivity index (χ3n) is 7.81. The summed E-state index contributed by atoms with van der Waals surface area (Å²) in [6, 6.07) is 22.6. The molecule has 1 aliphatic heterocycles. The smallest absolute Gasteiger partial charge is 0.113 e. The second kappa shape index (κ2) is 10.4. The molecular weight excluding hydrogens is 376 g/mol. The Labute approximate surface area is 190 Å². The molecule has 0 N–H and O–H groups in total. The minimum absolute atomic E-state index is 0.572. The molecule has 0 amide bonds. The lowest BCUT2D eigenvalue weighted by atomic mass is 10.0. The molecule has 0 saturated carbocycles. The molecule has 2 aromatic carbocycles. The van der Waals surface area contributed by atoms with Crippen molar-refractivity contribution in [2.45, 2.75) is 66.6 Å². The van der Waals surface area contributed by atoms with Crippen LogP contribution in [0.5, 0.6) is 0 Å². The van der Waals surface area contributed by atoms with Crippen LogP contribution in [0.1, 0.15) is 58.6 Å². The van der Waals surface area contributed by atoms with Crippen molar-refractivity contribution in [2.75, 3.05) is 19.6 Å². The molecule has 1 unspecified atom stereocenters. The summed E-state index contributed by atoms with van der Waals surface area (Å²) in [7, 11) is 0. The molecule has 1 aliphatic rings. The molecule has 0 fully saturated rings. The highest BCUT2D eigenvalue weighted by Gasteiger charge is 2.41. The van der Waals surface area contributed by atoms with Gasteiger partial charge < -0.3 is 4.48 Å². The number of benzene rings is 2. The lowest BCUT2D eigenvalue weighted by Crippen LogP contribution is -2.50. The fourth-order valence-corrected chi connectivity index (χ4v) is 5.51. The van der Waals surface area contributed by atoms with Gasteiger partial charge in [-0.25, -0.2) is 0 Å². The molecule has 0 saturated heterocycles. The zero-order chi connectivity index (χ0) is 22.3. The van der Waals surface area contributed by atoms with Gasteiger partial charge in [0.15, 0.2) is 0 Å². The van der Waals surface area contributed by atoms with Crippen molar-refractivity contribution >= 4 is 0 Å². The summed E-state index contributed by atoms with van der Waals surface area (Å²) in [4.78, 5) is 0. The van der Waals surface area contributed by atoms with Gasteiger partial charge in [0.2, 0.25) is 0 Å². The topological polar surface area (TPSA) is 0 Å². The van der Waals surface area contributed by atoms with Crippen LogP contribution in [-0.4, -0.2) is 34.6 Å². The largest absolute Gasteiger partial charge is 0.320 e.